The second-order valence-corrected chi connectivity index (χ2v) is 45.7. The van der Waals surface area contributed by atoms with Crippen LogP contribution in [-0.2, 0) is 81.7 Å². The number of imidazole rings is 4. The summed E-state index contributed by atoms with van der Waals surface area (Å²) in [4.78, 5) is 41.6. The number of aromatic nitrogens is 12. The Balaban J connectivity index is -0.000000654. The summed E-state index contributed by atoms with van der Waals surface area (Å²) in [5.41, 5.74) is 15.0. The van der Waals surface area contributed by atoms with E-state index in [1.807, 2.05) is 121 Å². The third kappa shape index (κ3) is 51.0. The summed E-state index contributed by atoms with van der Waals surface area (Å²) < 4.78 is 190. The third-order valence-electron chi connectivity index (χ3n) is 16.2. The Labute approximate surface area is 806 Å². The van der Waals surface area contributed by atoms with E-state index in [-0.39, 0.29) is 113 Å². The first-order chi connectivity index (χ1) is 58.2. The number of benzene rings is 4. The molecule has 8 aromatic heterocycles. The smallest absolute Gasteiger partial charge is 0.442 e. The Morgan fingerprint density at radius 3 is 0.398 bits per heavy atom. The van der Waals surface area contributed by atoms with Crippen LogP contribution in [0.15, 0.2) is 171 Å². The molecule has 0 saturated carbocycles. The van der Waals surface area contributed by atoms with Crippen molar-refractivity contribution in [3.8, 4) is 45.6 Å². The van der Waals surface area contributed by atoms with Gasteiger partial charge in [0.05, 0.1) is 46.5 Å². The summed E-state index contributed by atoms with van der Waals surface area (Å²) in [6.07, 6.45) is 13.6. The summed E-state index contributed by atoms with van der Waals surface area (Å²) >= 11 is 0. The normalized spacial score (nSPS) is 10.4. The van der Waals surface area contributed by atoms with Crippen molar-refractivity contribution < 1.29 is 152 Å². The van der Waals surface area contributed by atoms with E-state index < -0.39 is 94.1 Å². The van der Waals surface area contributed by atoms with Crippen LogP contribution in [0, 0.1) is 118 Å². The van der Waals surface area contributed by atoms with Crippen LogP contribution in [0.25, 0.3) is 45.6 Å². The maximum Gasteiger partial charge on any atom is 2.00 e. The van der Waals surface area contributed by atoms with Crippen molar-refractivity contribution in [2.45, 2.75) is 234 Å². The third-order valence-corrected chi connectivity index (χ3v) is 30.5. The predicted molar refractivity (Wildman–Crippen MR) is 473 cm³/mol. The van der Waals surface area contributed by atoms with Gasteiger partial charge >= 0.3 is 81.7 Å². The van der Waals surface area contributed by atoms with Gasteiger partial charge in [0, 0.05) is 0 Å². The molecule has 36 heteroatoms. The van der Waals surface area contributed by atoms with Crippen molar-refractivity contribution in [3.05, 3.63) is 289 Å². The molecule has 8 heterocycles. The van der Waals surface area contributed by atoms with Crippen LogP contribution in [0.1, 0.15) is 166 Å². The molecule has 128 heavy (non-hydrogen) atoms. The molecule has 0 aliphatic carbocycles. The van der Waals surface area contributed by atoms with Crippen molar-refractivity contribution in [1.29, 1.82) is 0 Å². The van der Waals surface area contributed by atoms with Crippen LogP contribution < -0.4 is 19.9 Å². The van der Waals surface area contributed by atoms with Crippen molar-refractivity contribution in [2.24, 2.45) is 0 Å². The zero-order chi connectivity index (χ0) is 94.2. The van der Waals surface area contributed by atoms with Crippen LogP contribution in [-0.4, -0.2) is 108 Å². The van der Waals surface area contributed by atoms with Crippen molar-refractivity contribution in [3.63, 3.8) is 0 Å². The molecular weight excluding hydrogens is 2130 g/mol. The standard InChI is InChI=1S/4C9H7N2.4C9H21P.4C5F4N.4Pd/c4*1-2-4-8(5-3-1)9-10-6-7-11-9;4*1-7(2)10(8(3)4)9(5)6;4*6-2-1-3(7)5(9)10-4(2)8;;;;/h4*1-7H;4*7-9H,1-6H3;;;;;;;;/q4*-1;;;;;4*-1;4*+2. The molecule has 0 radical (unpaired) electrons. The van der Waals surface area contributed by atoms with E-state index in [4.69, 9.17) is 0 Å². The van der Waals surface area contributed by atoms with Crippen molar-refractivity contribution in [2.75, 3.05) is 0 Å². The van der Waals surface area contributed by atoms with E-state index in [1.165, 1.54) is 0 Å². The first-order valence-electron chi connectivity index (χ1n) is 39.6. The quantitative estimate of drug-likeness (QED) is 0.0297. The molecule has 0 saturated heterocycles. The van der Waals surface area contributed by atoms with Crippen LogP contribution in [0.4, 0.5) is 70.2 Å². The van der Waals surface area contributed by atoms with Gasteiger partial charge in [-0.3, -0.25) is 35.1 Å². The van der Waals surface area contributed by atoms with Gasteiger partial charge in [0.15, 0.2) is 0 Å². The molecule has 12 rings (SSSR count). The van der Waals surface area contributed by atoms with E-state index in [9.17, 15) is 70.2 Å². The molecule has 0 bridgehead atoms. The number of hydrogen-bond donors (Lipinski definition) is 0. The van der Waals surface area contributed by atoms with Crippen LogP contribution in [0.2, 0.25) is 0 Å². The fourth-order valence-corrected chi connectivity index (χ4v) is 26.9. The molecule has 12 nitrogen and oxygen atoms in total. The maximum atomic E-state index is 11.9. The molecule has 0 fully saturated rings. The SMILES string of the molecule is CC(C)P(C(C)C)C(C)C.CC(C)P(C(C)C)C(C)C.CC(C)P(C(C)C)C(C)C.CC(C)P(C(C)C)C(C)C.Fc1[c-]c(F)c(F)nc1F.Fc1[c-]c(F)c(F)nc1F.Fc1[c-]c(F)c(F)nc1F.Fc1[c-]c(F)c(F)nc1F.[Pd+2].[Pd+2].[Pd+2].[Pd+2].c1ccc(-c2ncc[n-]2)cc1.c1ccc(-c2ncc[n-]2)cc1.c1ccc(-c2ncc[n-]2)cc1.c1ccc(-c2ncc[n-]2)cc1. The molecule has 712 valence electrons. The molecular formula is C92H112F16N12P4Pd4. The van der Waals surface area contributed by atoms with E-state index in [1.54, 1.807) is 49.6 Å². The fraction of sp³-hybridized carbons (Fsp3) is 0.391. The van der Waals surface area contributed by atoms with E-state index in [0.29, 0.717) is 0 Å². The number of pyridine rings is 4. The molecule has 4 aromatic carbocycles. The molecule has 0 atom stereocenters. The Morgan fingerprint density at radius 1 is 0.203 bits per heavy atom. The van der Waals surface area contributed by atoms with E-state index >= 15 is 0 Å². The number of hydrogen-bond acceptors (Lipinski definition) is 8. The van der Waals surface area contributed by atoms with Gasteiger partial charge in [0.2, 0.25) is 0 Å². The van der Waals surface area contributed by atoms with Gasteiger partial charge in [-0.25, -0.2) is 35.1 Å². The van der Waals surface area contributed by atoms with Gasteiger partial charge in [-0.1, -0.05) is 416 Å². The molecule has 0 N–H and O–H groups in total. The summed E-state index contributed by atoms with van der Waals surface area (Å²) in [5, 5.41) is 0. The van der Waals surface area contributed by atoms with Gasteiger partial charge in [0.1, 0.15) is 47.6 Å². The first-order valence-corrected chi connectivity index (χ1v) is 45.8. The van der Waals surface area contributed by atoms with Gasteiger partial charge in [-0.2, -0.15) is 0 Å². The molecule has 0 amide bonds. The molecule has 12 aromatic rings. The largest absolute Gasteiger partial charge is 2.00 e. The van der Waals surface area contributed by atoms with E-state index in [0.717, 1.165) is 138 Å². The topological polar surface area (TPSA) is 160 Å². The Kier molecular flexibility index (Phi) is 69.3. The minimum atomic E-state index is -1.70. The monoisotopic (exact) mass is 2240 g/mol. The van der Waals surface area contributed by atoms with Crippen LogP contribution >= 0.6 is 31.7 Å². The summed E-state index contributed by atoms with van der Waals surface area (Å²) in [6, 6.07) is 44.3. The van der Waals surface area contributed by atoms with Crippen LogP contribution in [0.5, 0.6) is 0 Å². The van der Waals surface area contributed by atoms with Gasteiger partial charge in [-0.15, -0.1) is 0 Å². The van der Waals surface area contributed by atoms with Crippen molar-refractivity contribution in [1.82, 2.24) is 59.8 Å². The fourth-order valence-electron chi connectivity index (χ4n) is 12.6. The van der Waals surface area contributed by atoms with Gasteiger partial charge in [-0.05, 0) is 90.2 Å². The number of rotatable bonds is 16. The molecule has 0 aliphatic rings. The Morgan fingerprint density at radius 2 is 0.320 bits per heavy atom. The molecule has 0 spiro atoms. The second kappa shape index (κ2) is 69.4. The minimum Gasteiger partial charge on any atom is -0.442 e. The minimum absolute atomic E-state index is 0. The molecule has 0 aliphatic heterocycles. The first kappa shape index (κ1) is 128. The predicted octanol–water partition coefficient (Wildman–Crippen LogP) is 27.3. The average molecular weight is 2240 g/mol. The number of nitrogens with zero attached hydrogens (tertiary/aromatic N) is 12. The second-order valence-electron chi connectivity index (χ2n) is 29.7. The number of halogens is 16. The summed E-state index contributed by atoms with van der Waals surface area (Å²) in [7, 11) is 1.05. The van der Waals surface area contributed by atoms with Gasteiger partial charge in [0.25, 0.3) is 0 Å². The van der Waals surface area contributed by atoms with Crippen LogP contribution in [0.3, 0.4) is 0 Å². The summed E-state index contributed by atoms with van der Waals surface area (Å²) in [6.45, 7) is 56.5. The Hall–Kier alpha value is -6.43. The van der Waals surface area contributed by atoms with Gasteiger partial charge < -0.3 is 59.8 Å². The van der Waals surface area contributed by atoms with E-state index in [2.05, 4.69) is 226 Å². The average Bonchev–Trinajstić information content (AvgIpc) is 1.39. The zero-order valence-corrected chi connectivity index (χ0v) is 85.4. The zero-order valence-electron chi connectivity index (χ0n) is 75.6. The molecule has 0 unspecified atom stereocenters. The maximum absolute atomic E-state index is 11.9. The summed E-state index contributed by atoms with van der Waals surface area (Å²) in [5.74, 6) is -23.4. The van der Waals surface area contributed by atoms with Crippen molar-refractivity contribution >= 4 is 31.7 Å². The Bertz CT molecular complexity index is 3890.